The van der Waals surface area contributed by atoms with Crippen molar-refractivity contribution in [3.05, 3.63) is 55.0 Å². The van der Waals surface area contributed by atoms with Crippen molar-refractivity contribution in [1.82, 2.24) is 24.7 Å². The molecule has 0 radical (unpaired) electrons. The second-order valence-corrected chi connectivity index (χ2v) is 4.18. The van der Waals surface area contributed by atoms with E-state index in [9.17, 15) is 13.2 Å². The predicted molar refractivity (Wildman–Crippen MR) is 68.5 cm³/mol. The molecule has 0 N–H and O–H groups in total. The summed E-state index contributed by atoms with van der Waals surface area (Å²) in [6, 6.07) is 6.54. The standard InChI is InChI=1S/C13H8F3N5O/c14-13(15,16)11-5-17-6-12(20-11)22-10-3-1-9(2-4-10)21-8-18-7-19-21/h1-8H. The highest BCUT2D eigenvalue weighted by molar-refractivity contribution is 5.37. The molecule has 0 saturated carbocycles. The number of alkyl halides is 3. The Labute approximate surface area is 122 Å². The van der Waals surface area contributed by atoms with E-state index in [0.717, 1.165) is 11.9 Å². The molecule has 0 bridgehead atoms. The number of rotatable bonds is 3. The SMILES string of the molecule is FC(F)(F)c1cncc(Oc2ccc(-n3cncn3)cc2)n1. The van der Waals surface area contributed by atoms with Gasteiger partial charge in [0.2, 0.25) is 5.88 Å². The van der Waals surface area contributed by atoms with E-state index in [2.05, 4.69) is 20.1 Å². The van der Waals surface area contributed by atoms with Gasteiger partial charge in [-0.3, -0.25) is 4.98 Å². The van der Waals surface area contributed by atoms with E-state index in [1.165, 1.54) is 17.3 Å². The van der Waals surface area contributed by atoms with Crippen molar-refractivity contribution in [2.45, 2.75) is 6.18 Å². The first-order chi connectivity index (χ1) is 10.5. The monoisotopic (exact) mass is 307 g/mol. The van der Waals surface area contributed by atoms with Crippen LogP contribution in [0.25, 0.3) is 5.69 Å². The van der Waals surface area contributed by atoms with Gasteiger partial charge in [0, 0.05) is 0 Å². The van der Waals surface area contributed by atoms with Crippen molar-refractivity contribution in [3.8, 4) is 17.3 Å². The number of ether oxygens (including phenoxy) is 1. The first-order valence-electron chi connectivity index (χ1n) is 6.04. The number of halogens is 3. The molecule has 0 spiro atoms. The smallest absolute Gasteiger partial charge is 0.435 e. The van der Waals surface area contributed by atoms with Crippen LogP contribution in [-0.4, -0.2) is 24.7 Å². The van der Waals surface area contributed by atoms with Gasteiger partial charge in [0.05, 0.1) is 18.1 Å². The first kappa shape index (κ1) is 14.0. The molecule has 0 unspecified atom stereocenters. The molecule has 3 aromatic rings. The highest BCUT2D eigenvalue weighted by atomic mass is 19.4. The molecule has 112 valence electrons. The Bertz CT molecular complexity index is 756. The van der Waals surface area contributed by atoms with Crippen molar-refractivity contribution >= 4 is 0 Å². The van der Waals surface area contributed by atoms with Crippen molar-refractivity contribution in [3.63, 3.8) is 0 Å². The Kier molecular flexibility index (Phi) is 3.45. The lowest BCUT2D eigenvalue weighted by atomic mass is 10.3. The minimum absolute atomic E-state index is 0.233. The maximum Gasteiger partial charge on any atom is 0.435 e. The highest BCUT2D eigenvalue weighted by Gasteiger charge is 2.33. The van der Waals surface area contributed by atoms with Gasteiger partial charge >= 0.3 is 6.18 Å². The fourth-order valence-electron chi connectivity index (χ4n) is 1.66. The lowest BCUT2D eigenvalue weighted by Gasteiger charge is -2.08. The summed E-state index contributed by atoms with van der Waals surface area (Å²) in [6.45, 7) is 0. The van der Waals surface area contributed by atoms with E-state index >= 15 is 0 Å². The van der Waals surface area contributed by atoms with Crippen LogP contribution in [0.3, 0.4) is 0 Å². The quantitative estimate of drug-likeness (QED) is 0.744. The number of hydrogen-bond acceptors (Lipinski definition) is 5. The zero-order valence-electron chi connectivity index (χ0n) is 10.9. The fourth-order valence-corrected chi connectivity index (χ4v) is 1.66. The molecule has 0 aliphatic carbocycles. The average molecular weight is 307 g/mol. The third kappa shape index (κ3) is 3.03. The Hall–Kier alpha value is -2.97. The van der Waals surface area contributed by atoms with Crippen molar-refractivity contribution in [2.75, 3.05) is 0 Å². The number of aromatic nitrogens is 5. The predicted octanol–water partition coefficient (Wildman–Crippen LogP) is 2.87. The van der Waals surface area contributed by atoms with Gasteiger partial charge in [-0.25, -0.2) is 14.6 Å². The van der Waals surface area contributed by atoms with Crippen LogP contribution in [-0.2, 0) is 6.18 Å². The number of hydrogen-bond donors (Lipinski definition) is 0. The second-order valence-electron chi connectivity index (χ2n) is 4.18. The number of benzene rings is 1. The van der Waals surface area contributed by atoms with Crippen LogP contribution in [0.1, 0.15) is 5.69 Å². The number of nitrogens with zero attached hydrogens (tertiary/aromatic N) is 5. The minimum Gasteiger partial charge on any atom is -0.437 e. The Morgan fingerprint density at radius 3 is 2.41 bits per heavy atom. The van der Waals surface area contributed by atoms with Gasteiger partial charge in [-0.1, -0.05) is 0 Å². The highest BCUT2D eigenvalue weighted by Crippen LogP contribution is 2.29. The largest absolute Gasteiger partial charge is 0.437 e. The second kappa shape index (κ2) is 5.43. The molecule has 0 amide bonds. The summed E-state index contributed by atoms with van der Waals surface area (Å²) in [5.41, 5.74) is -0.371. The van der Waals surface area contributed by atoms with Crippen LogP contribution in [0, 0.1) is 0 Å². The van der Waals surface area contributed by atoms with E-state index < -0.39 is 11.9 Å². The molecule has 0 aliphatic heterocycles. The van der Waals surface area contributed by atoms with Crippen molar-refractivity contribution in [2.24, 2.45) is 0 Å². The Morgan fingerprint density at radius 2 is 1.77 bits per heavy atom. The van der Waals surface area contributed by atoms with Crippen LogP contribution in [0.2, 0.25) is 0 Å². The van der Waals surface area contributed by atoms with Crippen LogP contribution in [0.5, 0.6) is 11.6 Å². The molecule has 9 heteroatoms. The summed E-state index contributed by atoms with van der Waals surface area (Å²) in [4.78, 5) is 10.7. The summed E-state index contributed by atoms with van der Waals surface area (Å²) in [7, 11) is 0. The van der Waals surface area contributed by atoms with Gasteiger partial charge in [-0.15, -0.1) is 0 Å². The van der Waals surface area contributed by atoms with E-state index in [0.29, 0.717) is 11.9 Å². The van der Waals surface area contributed by atoms with E-state index in [1.54, 1.807) is 24.3 Å². The van der Waals surface area contributed by atoms with E-state index in [-0.39, 0.29) is 5.88 Å². The fraction of sp³-hybridized carbons (Fsp3) is 0.0769. The van der Waals surface area contributed by atoms with Gasteiger partial charge in [-0.05, 0) is 24.3 Å². The molecule has 0 saturated heterocycles. The Balaban J connectivity index is 1.79. The summed E-state index contributed by atoms with van der Waals surface area (Å²) >= 11 is 0. The van der Waals surface area contributed by atoms with Crippen LogP contribution in [0.4, 0.5) is 13.2 Å². The molecule has 6 nitrogen and oxygen atoms in total. The van der Waals surface area contributed by atoms with E-state index in [1.807, 2.05) is 0 Å². The first-order valence-corrected chi connectivity index (χ1v) is 6.04. The lowest BCUT2D eigenvalue weighted by Crippen LogP contribution is -2.08. The molecule has 2 aromatic heterocycles. The molecule has 22 heavy (non-hydrogen) atoms. The van der Waals surface area contributed by atoms with Gasteiger partial charge in [0.15, 0.2) is 5.69 Å². The molecule has 0 aliphatic rings. The normalized spacial score (nSPS) is 11.4. The maximum absolute atomic E-state index is 12.5. The van der Waals surface area contributed by atoms with Gasteiger partial charge in [0.1, 0.15) is 18.4 Å². The van der Waals surface area contributed by atoms with Gasteiger partial charge < -0.3 is 4.74 Å². The third-order valence-corrected chi connectivity index (χ3v) is 2.65. The topological polar surface area (TPSA) is 65.7 Å². The average Bonchev–Trinajstić information content (AvgIpc) is 3.02. The molecule has 0 fully saturated rings. The van der Waals surface area contributed by atoms with Crippen LogP contribution in [0.15, 0.2) is 49.3 Å². The third-order valence-electron chi connectivity index (χ3n) is 2.65. The summed E-state index contributed by atoms with van der Waals surface area (Å²) in [5, 5.41) is 3.96. The summed E-state index contributed by atoms with van der Waals surface area (Å²) in [5.74, 6) is 0.0980. The molecule has 1 aromatic carbocycles. The summed E-state index contributed by atoms with van der Waals surface area (Å²) in [6.07, 6.45) is 0.0986. The zero-order chi connectivity index (χ0) is 15.6. The molecular formula is C13H8F3N5O. The Morgan fingerprint density at radius 1 is 1.00 bits per heavy atom. The van der Waals surface area contributed by atoms with Crippen LogP contribution < -0.4 is 4.74 Å². The van der Waals surface area contributed by atoms with Gasteiger partial charge in [0.25, 0.3) is 0 Å². The molecule has 0 atom stereocenters. The molecule has 2 heterocycles. The summed E-state index contributed by atoms with van der Waals surface area (Å²) < 4.78 is 44.4. The molecule has 3 rings (SSSR count). The minimum atomic E-state index is -4.57. The van der Waals surface area contributed by atoms with Crippen LogP contribution >= 0.6 is 0 Å². The van der Waals surface area contributed by atoms with Gasteiger partial charge in [-0.2, -0.15) is 18.3 Å². The van der Waals surface area contributed by atoms with Crippen molar-refractivity contribution in [1.29, 1.82) is 0 Å². The lowest BCUT2D eigenvalue weighted by molar-refractivity contribution is -0.141. The maximum atomic E-state index is 12.5. The van der Waals surface area contributed by atoms with Crippen molar-refractivity contribution < 1.29 is 17.9 Å². The van der Waals surface area contributed by atoms with E-state index in [4.69, 9.17) is 4.74 Å². The molecular weight excluding hydrogens is 299 g/mol. The zero-order valence-corrected chi connectivity index (χ0v) is 10.9.